The van der Waals surface area contributed by atoms with Gasteiger partial charge in [-0.1, -0.05) is 109 Å². The summed E-state index contributed by atoms with van der Waals surface area (Å²) in [5.74, 6) is -1.36. The van der Waals surface area contributed by atoms with Crippen LogP contribution in [0.15, 0.2) is 24.3 Å². The summed E-state index contributed by atoms with van der Waals surface area (Å²) in [4.78, 5) is 34.6. The van der Waals surface area contributed by atoms with Gasteiger partial charge >= 0.3 is 11.9 Å². The van der Waals surface area contributed by atoms with Crippen LogP contribution in [-0.4, -0.2) is 35.6 Å². The number of esters is 1. The lowest BCUT2D eigenvalue weighted by Gasteiger charge is -2.14. The SMILES string of the molecule is CCCCCC/C=C\C/C=C\C(CCCCCCC(=O)NCC(=O)O)OC(=O)CCCCCCCCCC. The van der Waals surface area contributed by atoms with Crippen LogP contribution < -0.4 is 5.32 Å². The standard InChI is InChI=1S/C32H57NO5/c1-3-5-7-9-11-13-14-16-20-24-29(25-21-18-19-22-26-30(34)33-28-31(35)36)38-32(37)27-23-17-15-12-10-8-6-4-2/h13-14,20,24,29H,3-12,15-19,21-23,25-28H2,1-2H3,(H,33,34)(H,35,36)/b14-13-,24-20-. The Hall–Kier alpha value is -2.11. The van der Waals surface area contributed by atoms with Gasteiger partial charge in [-0.2, -0.15) is 0 Å². The van der Waals surface area contributed by atoms with E-state index in [1.54, 1.807) is 0 Å². The number of unbranched alkanes of at least 4 members (excludes halogenated alkanes) is 14. The van der Waals surface area contributed by atoms with E-state index in [-0.39, 0.29) is 24.5 Å². The molecule has 0 aromatic carbocycles. The molecule has 0 spiro atoms. The average Bonchev–Trinajstić information content (AvgIpc) is 2.89. The van der Waals surface area contributed by atoms with E-state index >= 15 is 0 Å². The summed E-state index contributed by atoms with van der Waals surface area (Å²) in [7, 11) is 0. The van der Waals surface area contributed by atoms with Crippen LogP contribution in [0.2, 0.25) is 0 Å². The number of carbonyl (C=O) groups is 3. The topological polar surface area (TPSA) is 92.7 Å². The zero-order valence-electron chi connectivity index (χ0n) is 24.5. The van der Waals surface area contributed by atoms with E-state index in [1.165, 1.54) is 64.2 Å². The van der Waals surface area contributed by atoms with Crippen molar-refractivity contribution in [2.75, 3.05) is 6.54 Å². The van der Waals surface area contributed by atoms with Crippen LogP contribution in [0.3, 0.4) is 0 Å². The molecular formula is C32H57NO5. The first-order valence-corrected chi connectivity index (χ1v) is 15.5. The molecule has 1 atom stereocenters. The fraction of sp³-hybridized carbons (Fsp3) is 0.781. The molecule has 6 heteroatoms. The van der Waals surface area contributed by atoms with Gasteiger partial charge in [0.25, 0.3) is 0 Å². The fourth-order valence-electron chi connectivity index (χ4n) is 4.28. The minimum Gasteiger partial charge on any atom is -0.480 e. The number of hydrogen-bond donors (Lipinski definition) is 2. The summed E-state index contributed by atoms with van der Waals surface area (Å²) >= 11 is 0. The number of ether oxygens (including phenoxy) is 1. The zero-order chi connectivity index (χ0) is 28.1. The molecule has 0 aliphatic heterocycles. The summed E-state index contributed by atoms with van der Waals surface area (Å²) in [6, 6.07) is 0. The first-order valence-electron chi connectivity index (χ1n) is 15.5. The Kier molecular flexibility index (Phi) is 26.4. The molecule has 2 N–H and O–H groups in total. The highest BCUT2D eigenvalue weighted by molar-refractivity contribution is 5.80. The first-order chi connectivity index (χ1) is 18.5. The van der Waals surface area contributed by atoms with Crippen LogP contribution in [0.5, 0.6) is 0 Å². The Balaban J connectivity index is 4.32. The van der Waals surface area contributed by atoms with Gasteiger partial charge in [-0.3, -0.25) is 14.4 Å². The van der Waals surface area contributed by atoms with Crippen LogP contribution in [-0.2, 0) is 19.1 Å². The number of aliphatic carboxylic acids is 1. The molecule has 1 amide bonds. The highest BCUT2D eigenvalue weighted by Crippen LogP contribution is 2.14. The highest BCUT2D eigenvalue weighted by Gasteiger charge is 2.11. The number of hydrogen-bond acceptors (Lipinski definition) is 4. The lowest BCUT2D eigenvalue weighted by molar-refractivity contribution is -0.147. The molecule has 0 fully saturated rings. The van der Waals surface area contributed by atoms with E-state index in [0.29, 0.717) is 12.8 Å². The predicted molar refractivity (Wildman–Crippen MR) is 157 cm³/mol. The molecule has 0 aliphatic rings. The molecule has 0 bridgehead atoms. The van der Waals surface area contributed by atoms with E-state index < -0.39 is 5.97 Å². The van der Waals surface area contributed by atoms with E-state index in [0.717, 1.165) is 57.8 Å². The maximum absolute atomic E-state index is 12.5. The Morgan fingerprint density at radius 2 is 1.29 bits per heavy atom. The minimum absolute atomic E-state index is 0.104. The molecule has 0 saturated heterocycles. The van der Waals surface area contributed by atoms with Gasteiger partial charge in [-0.15, -0.1) is 0 Å². The van der Waals surface area contributed by atoms with Gasteiger partial charge in [0.05, 0.1) is 0 Å². The molecular weight excluding hydrogens is 478 g/mol. The summed E-state index contributed by atoms with van der Waals surface area (Å²) < 4.78 is 5.81. The third-order valence-electron chi connectivity index (χ3n) is 6.61. The molecule has 0 saturated carbocycles. The lowest BCUT2D eigenvalue weighted by atomic mass is 10.1. The summed E-state index contributed by atoms with van der Waals surface area (Å²) in [5.41, 5.74) is 0. The molecule has 0 aliphatic carbocycles. The molecule has 6 nitrogen and oxygen atoms in total. The van der Waals surface area contributed by atoms with E-state index in [2.05, 4.69) is 37.4 Å². The second kappa shape index (κ2) is 27.9. The van der Waals surface area contributed by atoms with Crippen LogP contribution in [0.4, 0.5) is 0 Å². The van der Waals surface area contributed by atoms with Crippen molar-refractivity contribution in [3.63, 3.8) is 0 Å². The van der Waals surface area contributed by atoms with Crippen molar-refractivity contribution < 1.29 is 24.2 Å². The Bertz CT molecular complexity index is 644. The predicted octanol–water partition coefficient (Wildman–Crippen LogP) is 8.44. The summed E-state index contributed by atoms with van der Waals surface area (Å²) in [5, 5.41) is 11.0. The van der Waals surface area contributed by atoms with Gasteiger partial charge in [0.15, 0.2) is 0 Å². The fourth-order valence-corrected chi connectivity index (χ4v) is 4.28. The van der Waals surface area contributed by atoms with Crippen molar-refractivity contribution in [3.05, 3.63) is 24.3 Å². The monoisotopic (exact) mass is 535 g/mol. The van der Waals surface area contributed by atoms with Gasteiger partial charge in [0.2, 0.25) is 5.91 Å². The number of allylic oxidation sites excluding steroid dienone is 3. The lowest BCUT2D eigenvalue weighted by Crippen LogP contribution is -2.28. The van der Waals surface area contributed by atoms with Crippen LogP contribution in [0, 0.1) is 0 Å². The van der Waals surface area contributed by atoms with Crippen molar-refractivity contribution in [2.45, 2.75) is 155 Å². The van der Waals surface area contributed by atoms with Crippen molar-refractivity contribution in [3.8, 4) is 0 Å². The molecule has 1 unspecified atom stereocenters. The van der Waals surface area contributed by atoms with E-state index in [4.69, 9.17) is 9.84 Å². The summed E-state index contributed by atoms with van der Waals surface area (Å²) in [6.45, 7) is 4.13. The van der Waals surface area contributed by atoms with Crippen molar-refractivity contribution in [1.82, 2.24) is 5.32 Å². The zero-order valence-corrected chi connectivity index (χ0v) is 24.5. The quantitative estimate of drug-likeness (QED) is 0.0625. The maximum atomic E-state index is 12.5. The number of carboxylic acid groups (broad SMARTS) is 1. The number of amides is 1. The van der Waals surface area contributed by atoms with Crippen molar-refractivity contribution >= 4 is 17.8 Å². The first kappa shape index (κ1) is 35.9. The number of carboxylic acids is 1. The Morgan fingerprint density at radius 3 is 1.95 bits per heavy atom. The molecule has 0 rings (SSSR count). The van der Waals surface area contributed by atoms with Crippen LogP contribution >= 0.6 is 0 Å². The van der Waals surface area contributed by atoms with Gasteiger partial charge in [-0.05, 0) is 51.0 Å². The largest absolute Gasteiger partial charge is 0.480 e. The van der Waals surface area contributed by atoms with Crippen LogP contribution in [0.1, 0.15) is 149 Å². The van der Waals surface area contributed by atoms with Crippen molar-refractivity contribution in [2.24, 2.45) is 0 Å². The van der Waals surface area contributed by atoms with Crippen molar-refractivity contribution in [1.29, 1.82) is 0 Å². The number of carbonyl (C=O) groups excluding carboxylic acids is 2. The second-order valence-corrected chi connectivity index (χ2v) is 10.4. The Morgan fingerprint density at radius 1 is 0.711 bits per heavy atom. The van der Waals surface area contributed by atoms with E-state index in [1.807, 2.05) is 6.08 Å². The maximum Gasteiger partial charge on any atom is 0.322 e. The molecule has 38 heavy (non-hydrogen) atoms. The second-order valence-electron chi connectivity index (χ2n) is 10.4. The van der Waals surface area contributed by atoms with Gasteiger partial charge in [-0.25, -0.2) is 0 Å². The number of nitrogens with one attached hydrogen (secondary N) is 1. The molecule has 0 aromatic heterocycles. The summed E-state index contributed by atoms with van der Waals surface area (Å²) in [6.07, 6.45) is 30.2. The molecule has 0 radical (unpaired) electrons. The third-order valence-corrected chi connectivity index (χ3v) is 6.61. The van der Waals surface area contributed by atoms with Gasteiger partial charge < -0.3 is 15.2 Å². The smallest absolute Gasteiger partial charge is 0.322 e. The highest BCUT2D eigenvalue weighted by atomic mass is 16.5. The molecule has 0 heterocycles. The minimum atomic E-state index is -1.03. The van der Waals surface area contributed by atoms with Gasteiger partial charge in [0.1, 0.15) is 12.6 Å². The Labute approximate surface area is 233 Å². The van der Waals surface area contributed by atoms with Crippen LogP contribution in [0.25, 0.3) is 0 Å². The normalized spacial score (nSPS) is 12.3. The number of rotatable bonds is 27. The average molecular weight is 536 g/mol. The van der Waals surface area contributed by atoms with Gasteiger partial charge in [0, 0.05) is 12.8 Å². The molecule has 0 aromatic rings. The van der Waals surface area contributed by atoms with E-state index in [9.17, 15) is 14.4 Å². The molecule has 220 valence electrons. The third kappa shape index (κ3) is 26.9.